The summed E-state index contributed by atoms with van der Waals surface area (Å²) in [6.45, 7) is 0. The fraction of sp³-hybridized carbons (Fsp3) is 0. The molecular formula is H2Na2OS. The van der Waals surface area contributed by atoms with E-state index >= 15 is 0 Å². The van der Waals surface area contributed by atoms with E-state index in [2.05, 4.69) is 0 Å². The van der Waals surface area contributed by atoms with Crippen molar-refractivity contribution in [3.63, 3.8) is 0 Å². The van der Waals surface area contributed by atoms with Gasteiger partial charge in [-0.05, 0) is 0 Å². The maximum absolute atomic E-state index is 0. The van der Waals surface area contributed by atoms with Gasteiger partial charge in [0.05, 0.1) is 0 Å². The zero-order valence-corrected chi connectivity index (χ0v) is 7.79. The topological polar surface area (TPSA) is 30.0 Å². The molecule has 0 aliphatic carbocycles. The molecule has 0 unspecified atom stereocenters. The minimum Gasteiger partial charge on any atom is -0.870 e. The minimum absolute atomic E-state index is 0. The van der Waals surface area contributed by atoms with Crippen molar-refractivity contribution in [2.45, 2.75) is 0 Å². The van der Waals surface area contributed by atoms with E-state index in [4.69, 9.17) is 0 Å². The van der Waals surface area contributed by atoms with Gasteiger partial charge in [-0.2, -0.15) is 0 Å². The van der Waals surface area contributed by atoms with Gasteiger partial charge in [0.1, 0.15) is 0 Å². The summed E-state index contributed by atoms with van der Waals surface area (Å²) in [5.41, 5.74) is 0. The van der Waals surface area contributed by atoms with Crippen molar-refractivity contribution in [2.75, 3.05) is 0 Å². The molecule has 0 aliphatic rings. The van der Waals surface area contributed by atoms with Gasteiger partial charge in [0.2, 0.25) is 0 Å². The van der Waals surface area contributed by atoms with Gasteiger partial charge >= 0.3 is 59.1 Å². The minimum atomic E-state index is 0. The quantitative estimate of drug-likeness (QED) is 0.170. The maximum Gasteiger partial charge on any atom is 1.00 e. The Hall–Kier alpha value is 2.31. The second-order valence-corrected chi connectivity index (χ2v) is 0. The largest absolute Gasteiger partial charge is 1.00 e. The van der Waals surface area contributed by atoms with Gasteiger partial charge in [0.25, 0.3) is 0 Å². The third kappa shape index (κ3) is 8.85. The van der Waals surface area contributed by atoms with E-state index in [1.165, 1.54) is 0 Å². The Bertz CT molecular complexity index is 6.00. The molecule has 0 heterocycles. The molecule has 0 fully saturated rings. The Morgan fingerprint density at radius 3 is 0.750 bits per heavy atom. The molecule has 0 aromatic carbocycles. The van der Waals surface area contributed by atoms with Gasteiger partial charge in [-0.25, -0.2) is 0 Å². The number of thiol groups is 1. The molecule has 1 N–H and O–H groups in total. The third-order valence-corrected chi connectivity index (χ3v) is 0. The van der Waals surface area contributed by atoms with Gasteiger partial charge in [-0.15, -0.1) is 0 Å². The molecule has 0 atom stereocenters. The van der Waals surface area contributed by atoms with E-state index in [1.807, 2.05) is 0 Å². The molecule has 0 amide bonds. The zero-order chi connectivity index (χ0) is 0. The average molecular weight is 96.1 g/mol. The first-order valence-corrected chi connectivity index (χ1v) is 0. The Balaban J connectivity index is 0. The monoisotopic (exact) mass is 96.0 g/mol. The van der Waals surface area contributed by atoms with Crippen molar-refractivity contribution in [2.24, 2.45) is 0 Å². The third-order valence-electron chi connectivity index (χ3n) is 0. The van der Waals surface area contributed by atoms with Crippen LogP contribution in [0.4, 0.5) is 0 Å². The predicted octanol–water partition coefficient (Wildman–Crippen LogP) is -6.44. The second kappa shape index (κ2) is 18.5. The molecule has 0 radical (unpaired) electrons. The molecule has 0 aromatic heterocycles. The normalized spacial score (nSPS) is 0. The van der Waals surface area contributed by atoms with E-state index in [0.717, 1.165) is 0 Å². The van der Waals surface area contributed by atoms with Crippen molar-refractivity contribution in [3.8, 4) is 0 Å². The van der Waals surface area contributed by atoms with Crippen LogP contribution in [0.2, 0.25) is 0 Å². The molecule has 0 bridgehead atoms. The Morgan fingerprint density at radius 2 is 0.750 bits per heavy atom. The summed E-state index contributed by atoms with van der Waals surface area (Å²) in [5, 5.41) is 0. The van der Waals surface area contributed by atoms with Crippen LogP contribution >= 0.6 is 0 Å². The Kier molecular flexibility index (Phi) is 154. The van der Waals surface area contributed by atoms with E-state index in [-0.39, 0.29) is 78.1 Å². The van der Waals surface area contributed by atoms with Crippen molar-refractivity contribution in [1.29, 1.82) is 0 Å². The van der Waals surface area contributed by atoms with Crippen LogP contribution in [0.3, 0.4) is 0 Å². The fourth-order valence-corrected chi connectivity index (χ4v) is 0. The molecule has 0 spiro atoms. The first-order valence-electron chi connectivity index (χ1n) is 0. The van der Waals surface area contributed by atoms with Crippen molar-refractivity contribution < 1.29 is 64.6 Å². The molecule has 4 heavy (non-hydrogen) atoms. The summed E-state index contributed by atoms with van der Waals surface area (Å²) in [4.78, 5) is 0. The summed E-state index contributed by atoms with van der Waals surface area (Å²) >= 11 is 0. The van der Waals surface area contributed by atoms with Crippen LogP contribution < -0.4 is 59.1 Å². The van der Waals surface area contributed by atoms with Crippen molar-refractivity contribution in [1.82, 2.24) is 0 Å². The first-order chi connectivity index (χ1) is 0. The molecule has 0 rings (SSSR count). The molecule has 0 saturated carbocycles. The van der Waals surface area contributed by atoms with Crippen molar-refractivity contribution in [3.05, 3.63) is 0 Å². The fourth-order valence-electron chi connectivity index (χ4n) is 0. The van der Waals surface area contributed by atoms with Gasteiger partial charge in [-0.3, -0.25) is 0 Å². The molecule has 16 valence electrons. The number of hydrogen-bond donors (Lipinski definition) is 0. The van der Waals surface area contributed by atoms with Crippen LogP contribution in [0.25, 0.3) is 0 Å². The van der Waals surface area contributed by atoms with E-state index in [9.17, 15) is 0 Å². The Labute approximate surface area is 76.9 Å². The molecule has 0 aliphatic heterocycles. The zero-order valence-electron chi connectivity index (χ0n) is 2.89. The average Bonchev–Trinajstić information content (AvgIpc) is 0. The van der Waals surface area contributed by atoms with Crippen LogP contribution in [-0.4, -0.2) is 5.48 Å². The Morgan fingerprint density at radius 1 is 0.750 bits per heavy atom. The number of rotatable bonds is 0. The maximum atomic E-state index is 0. The van der Waals surface area contributed by atoms with Gasteiger partial charge in [0, 0.05) is 0 Å². The SMILES string of the molecule is [Na+].[Na+].[OH-].[SH-]. The number of hydrogen-bond acceptors (Lipinski definition) is 2. The van der Waals surface area contributed by atoms with Crippen molar-refractivity contribution >= 4 is 13.5 Å². The summed E-state index contributed by atoms with van der Waals surface area (Å²) in [6.07, 6.45) is 0. The van der Waals surface area contributed by atoms with Crippen LogP contribution in [-0.2, 0) is 13.5 Å². The smallest absolute Gasteiger partial charge is 0.870 e. The standard InChI is InChI=1S/2Na.H2O.H2S/h;;2*1H2/q2*+1;;/p-2. The molecule has 0 aromatic rings. The molecular weight excluding hydrogens is 94.0 g/mol. The summed E-state index contributed by atoms with van der Waals surface area (Å²) in [6, 6.07) is 0. The van der Waals surface area contributed by atoms with Gasteiger partial charge in [0.15, 0.2) is 0 Å². The summed E-state index contributed by atoms with van der Waals surface area (Å²) < 4.78 is 0. The van der Waals surface area contributed by atoms with Crippen LogP contribution in [0.5, 0.6) is 0 Å². The van der Waals surface area contributed by atoms with Crippen LogP contribution in [0.15, 0.2) is 0 Å². The van der Waals surface area contributed by atoms with Gasteiger partial charge < -0.3 is 19.0 Å². The summed E-state index contributed by atoms with van der Waals surface area (Å²) in [7, 11) is 0. The van der Waals surface area contributed by atoms with Gasteiger partial charge in [-0.1, -0.05) is 0 Å². The predicted molar refractivity (Wildman–Crippen MR) is 10.7 cm³/mol. The van der Waals surface area contributed by atoms with E-state index < -0.39 is 0 Å². The van der Waals surface area contributed by atoms with E-state index in [1.54, 1.807) is 0 Å². The van der Waals surface area contributed by atoms with Crippen LogP contribution in [0.1, 0.15) is 0 Å². The second-order valence-electron chi connectivity index (χ2n) is 0. The van der Waals surface area contributed by atoms with Crippen LogP contribution in [0, 0.1) is 0 Å². The summed E-state index contributed by atoms with van der Waals surface area (Å²) in [5.74, 6) is 0. The van der Waals surface area contributed by atoms with E-state index in [0.29, 0.717) is 0 Å². The first kappa shape index (κ1) is 33.3. The molecule has 4 heteroatoms. The molecule has 0 saturated heterocycles. The molecule has 1 nitrogen and oxygen atoms in total.